The molecule has 0 saturated heterocycles. The predicted molar refractivity (Wildman–Crippen MR) is 68.3 cm³/mol. The minimum absolute atomic E-state index is 0.362. The number of alkyl halides is 2. The van der Waals surface area contributed by atoms with Crippen LogP contribution in [0.1, 0.15) is 18.0 Å². The van der Waals surface area contributed by atoms with E-state index in [4.69, 9.17) is 0 Å². The number of rotatable bonds is 2. The van der Waals surface area contributed by atoms with Crippen molar-refractivity contribution >= 4 is 5.95 Å². The van der Waals surface area contributed by atoms with Gasteiger partial charge in [-0.1, -0.05) is 29.8 Å². The van der Waals surface area contributed by atoms with E-state index in [0.29, 0.717) is 24.7 Å². The first-order chi connectivity index (χ1) is 9.15. The van der Waals surface area contributed by atoms with Crippen LogP contribution in [0.25, 0.3) is 11.4 Å². The largest absolute Gasteiger partial charge is 0.354 e. The third-order valence-electron chi connectivity index (χ3n) is 3.27. The van der Waals surface area contributed by atoms with Gasteiger partial charge in [-0.25, -0.2) is 13.5 Å². The van der Waals surface area contributed by atoms with Gasteiger partial charge in [0, 0.05) is 12.1 Å². The maximum Gasteiger partial charge on any atom is 0.260 e. The van der Waals surface area contributed by atoms with Gasteiger partial charge in [-0.05, 0) is 13.3 Å². The first kappa shape index (κ1) is 12.1. The van der Waals surface area contributed by atoms with Gasteiger partial charge in [0.15, 0.2) is 5.82 Å². The Hall–Kier alpha value is -1.98. The lowest BCUT2D eigenvalue weighted by Gasteiger charge is -2.23. The van der Waals surface area contributed by atoms with Crippen LogP contribution in [0, 0.1) is 6.92 Å². The molecule has 1 N–H and O–H groups in total. The van der Waals surface area contributed by atoms with Crippen molar-refractivity contribution in [2.45, 2.75) is 25.8 Å². The zero-order chi connectivity index (χ0) is 13.4. The van der Waals surface area contributed by atoms with Crippen molar-refractivity contribution in [3.63, 3.8) is 0 Å². The average molecular weight is 264 g/mol. The first-order valence-electron chi connectivity index (χ1n) is 6.21. The van der Waals surface area contributed by atoms with Gasteiger partial charge in [0.25, 0.3) is 6.43 Å². The molecule has 0 amide bonds. The number of aromatic nitrogens is 3. The highest BCUT2D eigenvalue weighted by atomic mass is 19.3. The summed E-state index contributed by atoms with van der Waals surface area (Å²) < 4.78 is 27.2. The second-order valence-electron chi connectivity index (χ2n) is 4.69. The number of anilines is 1. The lowest BCUT2D eigenvalue weighted by atomic mass is 10.1. The van der Waals surface area contributed by atoms with Crippen LogP contribution in [0.15, 0.2) is 24.3 Å². The molecule has 0 spiro atoms. The van der Waals surface area contributed by atoms with Crippen LogP contribution >= 0.6 is 0 Å². The minimum atomic E-state index is -2.42. The molecule has 1 aliphatic rings. The summed E-state index contributed by atoms with van der Waals surface area (Å²) in [5, 5.41) is 7.22. The van der Waals surface area contributed by atoms with E-state index in [0.717, 1.165) is 11.1 Å². The molecule has 1 aliphatic heterocycles. The van der Waals surface area contributed by atoms with E-state index in [1.807, 2.05) is 31.2 Å². The third-order valence-corrected chi connectivity index (χ3v) is 3.27. The molecule has 1 aromatic heterocycles. The van der Waals surface area contributed by atoms with Gasteiger partial charge < -0.3 is 5.32 Å². The van der Waals surface area contributed by atoms with Crippen LogP contribution in [-0.2, 0) is 0 Å². The molecule has 0 bridgehead atoms. The SMILES string of the molecule is Cc1ccc(-c2nc3n(n2)C(C(F)F)CCN3)cc1. The Balaban J connectivity index is 1.99. The summed E-state index contributed by atoms with van der Waals surface area (Å²) in [6, 6.07) is 6.81. The molecule has 3 rings (SSSR count). The van der Waals surface area contributed by atoms with Crippen molar-refractivity contribution in [1.82, 2.24) is 14.8 Å². The van der Waals surface area contributed by atoms with E-state index < -0.39 is 12.5 Å². The molecule has 1 unspecified atom stereocenters. The van der Waals surface area contributed by atoms with Crippen LogP contribution < -0.4 is 5.32 Å². The smallest absolute Gasteiger partial charge is 0.260 e. The lowest BCUT2D eigenvalue weighted by molar-refractivity contribution is 0.0714. The standard InChI is InChI=1S/C13H14F2N4/c1-8-2-4-9(5-3-8)12-17-13-16-7-6-10(11(14)15)19(13)18-12/h2-5,10-11H,6-7H2,1H3,(H,16,17,18). The maximum atomic E-state index is 12.9. The summed E-state index contributed by atoms with van der Waals surface area (Å²) in [5.41, 5.74) is 1.97. The highest BCUT2D eigenvalue weighted by molar-refractivity contribution is 5.57. The molecule has 2 heterocycles. The second-order valence-corrected chi connectivity index (χ2v) is 4.69. The predicted octanol–water partition coefficient (Wildman–Crippen LogP) is 2.88. The number of fused-ring (bicyclic) bond motifs is 1. The number of nitrogens with one attached hydrogen (secondary N) is 1. The normalized spacial score (nSPS) is 18.2. The fraction of sp³-hybridized carbons (Fsp3) is 0.385. The fourth-order valence-electron chi connectivity index (χ4n) is 2.19. The van der Waals surface area contributed by atoms with E-state index in [1.54, 1.807) is 0 Å². The van der Waals surface area contributed by atoms with Crippen molar-refractivity contribution in [2.24, 2.45) is 0 Å². The van der Waals surface area contributed by atoms with Gasteiger partial charge in [0.2, 0.25) is 5.95 Å². The van der Waals surface area contributed by atoms with Gasteiger partial charge in [0.05, 0.1) is 0 Å². The molecule has 0 saturated carbocycles. The molecule has 1 aromatic carbocycles. The Bertz CT molecular complexity index is 577. The molecule has 6 heteroatoms. The summed E-state index contributed by atoms with van der Waals surface area (Å²) in [6.07, 6.45) is -2.06. The maximum absolute atomic E-state index is 12.9. The number of halogens is 2. The molecule has 2 aromatic rings. The molecule has 0 fully saturated rings. The zero-order valence-corrected chi connectivity index (χ0v) is 10.5. The molecule has 1 atom stereocenters. The van der Waals surface area contributed by atoms with E-state index >= 15 is 0 Å². The summed E-state index contributed by atoms with van der Waals surface area (Å²) in [4.78, 5) is 4.29. The zero-order valence-electron chi connectivity index (χ0n) is 10.5. The van der Waals surface area contributed by atoms with Crippen LogP contribution in [0.2, 0.25) is 0 Å². The van der Waals surface area contributed by atoms with Gasteiger partial charge in [0.1, 0.15) is 6.04 Å². The van der Waals surface area contributed by atoms with Crippen LogP contribution in [0.5, 0.6) is 0 Å². The molecule has 0 radical (unpaired) electrons. The Morgan fingerprint density at radius 1 is 1.32 bits per heavy atom. The summed E-state index contributed by atoms with van der Waals surface area (Å²) in [7, 11) is 0. The molecule has 4 nitrogen and oxygen atoms in total. The van der Waals surface area contributed by atoms with Crippen LogP contribution in [0.4, 0.5) is 14.7 Å². The van der Waals surface area contributed by atoms with Gasteiger partial charge >= 0.3 is 0 Å². The molecular weight excluding hydrogens is 250 g/mol. The lowest BCUT2D eigenvalue weighted by Crippen LogP contribution is -2.28. The second kappa shape index (κ2) is 4.60. The van der Waals surface area contributed by atoms with Crippen molar-refractivity contribution in [3.05, 3.63) is 29.8 Å². The Labute approximate surface area is 109 Å². The Kier molecular flexibility index (Phi) is 2.93. The quantitative estimate of drug-likeness (QED) is 0.907. The summed E-state index contributed by atoms with van der Waals surface area (Å²) in [6.45, 7) is 2.49. The Morgan fingerprint density at radius 3 is 2.74 bits per heavy atom. The summed E-state index contributed by atoms with van der Waals surface area (Å²) in [5.74, 6) is 0.905. The van der Waals surface area contributed by atoms with Crippen molar-refractivity contribution < 1.29 is 8.78 Å². The van der Waals surface area contributed by atoms with Crippen LogP contribution in [0.3, 0.4) is 0 Å². The third kappa shape index (κ3) is 2.18. The molecule has 19 heavy (non-hydrogen) atoms. The van der Waals surface area contributed by atoms with Gasteiger partial charge in [-0.2, -0.15) is 4.98 Å². The number of hydrogen-bond donors (Lipinski definition) is 1. The van der Waals surface area contributed by atoms with E-state index in [1.165, 1.54) is 4.68 Å². The number of aryl methyl sites for hydroxylation is 1. The topological polar surface area (TPSA) is 42.7 Å². The monoisotopic (exact) mass is 264 g/mol. The van der Waals surface area contributed by atoms with Gasteiger partial charge in [-0.15, -0.1) is 5.10 Å². The minimum Gasteiger partial charge on any atom is -0.354 e. The molecule has 0 aliphatic carbocycles. The van der Waals surface area contributed by atoms with Crippen molar-refractivity contribution in [3.8, 4) is 11.4 Å². The Morgan fingerprint density at radius 2 is 2.05 bits per heavy atom. The van der Waals surface area contributed by atoms with E-state index in [9.17, 15) is 8.78 Å². The van der Waals surface area contributed by atoms with E-state index in [2.05, 4.69) is 15.4 Å². The van der Waals surface area contributed by atoms with E-state index in [-0.39, 0.29) is 0 Å². The van der Waals surface area contributed by atoms with Gasteiger partial charge in [-0.3, -0.25) is 0 Å². The first-order valence-corrected chi connectivity index (χ1v) is 6.21. The number of benzene rings is 1. The van der Waals surface area contributed by atoms with Crippen molar-refractivity contribution in [2.75, 3.05) is 11.9 Å². The fourth-order valence-corrected chi connectivity index (χ4v) is 2.19. The van der Waals surface area contributed by atoms with Crippen LogP contribution in [-0.4, -0.2) is 27.7 Å². The molecule has 100 valence electrons. The van der Waals surface area contributed by atoms with Crippen molar-refractivity contribution in [1.29, 1.82) is 0 Å². The highest BCUT2D eigenvalue weighted by Gasteiger charge is 2.30. The average Bonchev–Trinajstić information content (AvgIpc) is 2.82. The highest BCUT2D eigenvalue weighted by Crippen LogP contribution is 2.29. The number of hydrogen-bond acceptors (Lipinski definition) is 3. The summed E-state index contributed by atoms with van der Waals surface area (Å²) >= 11 is 0. The molecular formula is C13H14F2N4. The number of nitrogens with zero attached hydrogens (tertiary/aromatic N) is 3.